The predicted octanol–water partition coefficient (Wildman–Crippen LogP) is 2.76. The van der Waals surface area contributed by atoms with Crippen LogP contribution in [0, 0.1) is 11.8 Å². The molecule has 0 spiro atoms. The summed E-state index contributed by atoms with van der Waals surface area (Å²) in [4.78, 5) is 2.57. The maximum absolute atomic E-state index is 2.57. The zero-order chi connectivity index (χ0) is 8.97. The molecule has 0 bridgehead atoms. The van der Waals surface area contributed by atoms with Crippen LogP contribution in [0.25, 0.3) is 0 Å². The molecule has 2 unspecified atom stereocenters. The van der Waals surface area contributed by atoms with Gasteiger partial charge in [-0.25, -0.2) is 0 Å². The Balaban J connectivity index is 2.02. The first-order valence-corrected chi connectivity index (χ1v) is 5.50. The minimum atomic E-state index is 1.03. The summed E-state index contributed by atoms with van der Waals surface area (Å²) >= 11 is 0. The normalized spacial score (nSPS) is 28.0. The lowest BCUT2D eigenvalue weighted by Gasteiger charge is -2.18. The van der Waals surface area contributed by atoms with E-state index in [1.165, 1.54) is 38.9 Å². The average Bonchev–Trinajstić information content (AvgIpc) is 2.76. The molecule has 0 aromatic rings. The van der Waals surface area contributed by atoms with E-state index in [1.54, 1.807) is 0 Å². The van der Waals surface area contributed by atoms with Crippen LogP contribution in [0.15, 0.2) is 0 Å². The summed E-state index contributed by atoms with van der Waals surface area (Å²) in [7, 11) is 0. The van der Waals surface area contributed by atoms with Gasteiger partial charge < -0.3 is 4.90 Å². The van der Waals surface area contributed by atoms with Crippen molar-refractivity contribution < 1.29 is 0 Å². The Labute approximate surface area is 77.1 Å². The van der Waals surface area contributed by atoms with Gasteiger partial charge in [0.1, 0.15) is 0 Å². The van der Waals surface area contributed by atoms with E-state index in [2.05, 4.69) is 25.7 Å². The van der Waals surface area contributed by atoms with Crippen molar-refractivity contribution in [3.05, 3.63) is 0 Å². The van der Waals surface area contributed by atoms with Crippen LogP contribution in [0.3, 0.4) is 0 Å². The number of nitrogens with zero attached hydrogens (tertiary/aromatic N) is 1. The van der Waals surface area contributed by atoms with Gasteiger partial charge >= 0.3 is 0 Å². The maximum atomic E-state index is 2.57. The molecular formula is C11H23N. The fraction of sp³-hybridized carbons (Fsp3) is 1.00. The Bertz CT molecular complexity index is 122. The zero-order valence-electron chi connectivity index (χ0n) is 8.84. The van der Waals surface area contributed by atoms with Crippen molar-refractivity contribution in [3.63, 3.8) is 0 Å². The average molecular weight is 169 g/mol. The lowest BCUT2D eigenvalue weighted by Crippen LogP contribution is -2.25. The van der Waals surface area contributed by atoms with Crippen molar-refractivity contribution >= 4 is 0 Å². The highest BCUT2D eigenvalue weighted by atomic mass is 15.1. The first-order chi connectivity index (χ1) is 5.77. The van der Waals surface area contributed by atoms with Crippen LogP contribution in [0.5, 0.6) is 0 Å². The van der Waals surface area contributed by atoms with E-state index in [4.69, 9.17) is 0 Å². The van der Waals surface area contributed by atoms with Gasteiger partial charge in [0.05, 0.1) is 0 Å². The van der Waals surface area contributed by atoms with Crippen molar-refractivity contribution in [2.24, 2.45) is 11.8 Å². The molecular weight excluding hydrogens is 146 g/mol. The van der Waals surface area contributed by atoms with Crippen LogP contribution in [-0.2, 0) is 0 Å². The first-order valence-electron chi connectivity index (χ1n) is 5.50. The summed E-state index contributed by atoms with van der Waals surface area (Å²) in [6.07, 6.45) is 4.23. The third kappa shape index (κ3) is 3.14. The molecule has 0 aromatic carbocycles. The van der Waals surface area contributed by atoms with Crippen molar-refractivity contribution in [3.8, 4) is 0 Å². The van der Waals surface area contributed by atoms with Crippen molar-refractivity contribution in [2.75, 3.05) is 19.6 Å². The highest BCUT2D eigenvalue weighted by Gasteiger charge is 2.31. The highest BCUT2D eigenvalue weighted by Crippen LogP contribution is 2.40. The van der Waals surface area contributed by atoms with Crippen LogP contribution in [0.4, 0.5) is 0 Å². The molecule has 12 heavy (non-hydrogen) atoms. The largest absolute Gasteiger partial charge is 0.304 e. The fourth-order valence-corrected chi connectivity index (χ4v) is 1.89. The molecule has 0 heterocycles. The van der Waals surface area contributed by atoms with Gasteiger partial charge in [-0.1, -0.05) is 20.8 Å². The maximum Gasteiger partial charge on any atom is -0.00161 e. The van der Waals surface area contributed by atoms with Gasteiger partial charge in [0.15, 0.2) is 0 Å². The van der Waals surface area contributed by atoms with Crippen molar-refractivity contribution in [1.82, 2.24) is 4.90 Å². The monoisotopic (exact) mass is 169 g/mol. The first kappa shape index (κ1) is 10.0. The summed E-state index contributed by atoms with van der Waals surface area (Å²) in [5, 5.41) is 0. The number of hydrogen-bond donors (Lipinski definition) is 0. The van der Waals surface area contributed by atoms with E-state index < -0.39 is 0 Å². The van der Waals surface area contributed by atoms with E-state index in [1.807, 2.05) is 0 Å². The van der Waals surface area contributed by atoms with Gasteiger partial charge in [0.2, 0.25) is 0 Å². The van der Waals surface area contributed by atoms with E-state index in [0.717, 1.165) is 11.8 Å². The van der Waals surface area contributed by atoms with E-state index in [-0.39, 0.29) is 0 Å². The van der Waals surface area contributed by atoms with Gasteiger partial charge in [-0.15, -0.1) is 0 Å². The minimum Gasteiger partial charge on any atom is -0.304 e. The molecule has 0 amide bonds. The predicted molar refractivity (Wildman–Crippen MR) is 54.3 cm³/mol. The zero-order valence-corrected chi connectivity index (χ0v) is 8.84. The Morgan fingerprint density at radius 1 is 1.25 bits per heavy atom. The molecule has 72 valence electrons. The second kappa shape index (κ2) is 4.86. The molecule has 0 saturated heterocycles. The van der Waals surface area contributed by atoms with Crippen molar-refractivity contribution in [2.45, 2.75) is 40.0 Å². The molecule has 0 radical (unpaired) electrons. The second-order valence-electron chi connectivity index (χ2n) is 4.20. The summed E-state index contributed by atoms with van der Waals surface area (Å²) in [5.74, 6) is 2.10. The van der Waals surface area contributed by atoms with Crippen LogP contribution in [-0.4, -0.2) is 24.5 Å². The van der Waals surface area contributed by atoms with Gasteiger partial charge in [-0.2, -0.15) is 0 Å². The van der Waals surface area contributed by atoms with E-state index in [9.17, 15) is 0 Å². The summed E-state index contributed by atoms with van der Waals surface area (Å²) in [5.41, 5.74) is 0. The van der Waals surface area contributed by atoms with Crippen LogP contribution < -0.4 is 0 Å². The molecule has 1 aliphatic rings. The second-order valence-corrected chi connectivity index (χ2v) is 4.20. The molecule has 0 aromatic heterocycles. The minimum absolute atomic E-state index is 1.03. The third-order valence-electron chi connectivity index (χ3n) is 3.08. The summed E-state index contributed by atoms with van der Waals surface area (Å²) in [6.45, 7) is 10.8. The van der Waals surface area contributed by atoms with E-state index >= 15 is 0 Å². The van der Waals surface area contributed by atoms with Gasteiger partial charge in [-0.3, -0.25) is 0 Å². The SMILES string of the molecule is CCCN(CC)CCC1CC1C. The van der Waals surface area contributed by atoms with Crippen molar-refractivity contribution in [1.29, 1.82) is 0 Å². The molecule has 2 atom stereocenters. The molecule has 1 nitrogen and oxygen atoms in total. The summed E-state index contributed by atoms with van der Waals surface area (Å²) in [6, 6.07) is 0. The van der Waals surface area contributed by atoms with Gasteiger partial charge in [-0.05, 0) is 50.7 Å². The Morgan fingerprint density at radius 3 is 2.33 bits per heavy atom. The van der Waals surface area contributed by atoms with Crippen LogP contribution >= 0.6 is 0 Å². The molecule has 1 rings (SSSR count). The Morgan fingerprint density at radius 2 is 1.92 bits per heavy atom. The third-order valence-corrected chi connectivity index (χ3v) is 3.08. The lowest BCUT2D eigenvalue weighted by atomic mass is 10.2. The Hall–Kier alpha value is -0.0400. The fourth-order valence-electron chi connectivity index (χ4n) is 1.89. The highest BCUT2D eigenvalue weighted by molar-refractivity contribution is 4.82. The topological polar surface area (TPSA) is 3.24 Å². The molecule has 1 fully saturated rings. The number of hydrogen-bond acceptors (Lipinski definition) is 1. The summed E-state index contributed by atoms with van der Waals surface area (Å²) < 4.78 is 0. The smallest absolute Gasteiger partial charge is 0.00161 e. The molecule has 0 N–H and O–H groups in total. The molecule has 0 aliphatic heterocycles. The standard InChI is InChI=1S/C11H23N/c1-4-7-12(5-2)8-6-11-9-10(11)3/h10-11H,4-9H2,1-3H3. The van der Waals surface area contributed by atoms with Crippen LogP contribution in [0.1, 0.15) is 40.0 Å². The van der Waals surface area contributed by atoms with Gasteiger partial charge in [0, 0.05) is 0 Å². The molecule has 1 heteroatoms. The number of rotatable bonds is 6. The van der Waals surface area contributed by atoms with E-state index in [0.29, 0.717) is 0 Å². The lowest BCUT2D eigenvalue weighted by molar-refractivity contribution is 0.278. The molecule has 1 aliphatic carbocycles. The van der Waals surface area contributed by atoms with Gasteiger partial charge in [0.25, 0.3) is 0 Å². The quantitative estimate of drug-likeness (QED) is 0.591. The molecule has 1 saturated carbocycles. The van der Waals surface area contributed by atoms with Crippen LogP contribution in [0.2, 0.25) is 0 Å². The Kier molecular flexibility index (Phi) is 4.07.